The molecule has 0 unspecified atom stereocenters. The molecule has 0 bridgehead atoms. The average Bonchev–Trinajstić information content (AvgIpc) is 2.31. The Labute approximate surface area is 74.7 Å². The lowest BCUT2D eigenvalue weighted by Crippen LogP contribution is -1.97. The quantitative estimate of drug-likeness (QED) is 0.666. The second-order valence-electron chi connectivity index (χ2n) is 2.80. The summed E-state index contributed by atoms with van der Waals surface area (Å²) in [6, 6.07) is 2.37. The van der Waals surface area contributed by atoms with Crippen LogP contribution in [0.3, 0.4) is 0 Å². The summed E-state index contributed by atoms with van der Waals surface area (Å²) < 4.78 is 23.3. The normalized spacial score (nSPS) is 15.2. The molecule has 1 aromatic carbocycles. The molecule has 0 saturated heterocycles. The van der Waals surface area contributed by atoms with Crippen LogP contribution in [0.2, 0.25) is 0 Å². The van der Waals surface area contributed by atoms with Gasteiger partial charge < -0.3 is 14.6 Å². The average molecular weight is 184 g/mol. The third-order valence-electron chi connectivity index (χ3n) is 1.82. The molecule has 0 spiro atoms. The molecule has 1 aliphatic heterocycles. The molecule has 13 heavy (non-hydrogen) atoms. The van der Waals surface area contributed by atoms with Gasteiger partial charge in [0.1, 0.15) is 0 Å². The van der Waals surface area contributed by atoms with Crippen molar-refractivity contribution in [3.8, 4) is 17.2 Å². The maximum absolute atomic E-state index is 12.9. The zero-order chi connectivity index (χ0) is 9.26. The van der Waals surface area contributed by atoms with Gasteiger partial charge in [0.2, 0.25) is 0 Å². The van der Waals surface area contributed by atoms with Crippen LogP contribution in [0.5, 0.6) is 17.2 Å². The molecule has 0 atom stereocenters. The Hall–Kier alpha value is -1.45. The molecule has 0 saturated carbocycles. The number of ether oxygens (including phenoxy) is 2. The van der Waals surface area contributed by atoms with Gasteiger partial charge in [0, 0.05) is 18.6 Å². The number of phenols is 1. The molecule has 0 radical (unpaired) electrons. The van der Waals surface area contributed by atoms with Crippen LogP contribution in [0.25, 0.3) is 0 Å². The minimum atomic E-state index is -0.691. The van der Waals surface area contributed by atoms with Crippen molar-refractivity contribution in [2.45, 2.75) is 6.42 Å². The number of phenolic OH excluding ortho intramolecular Hbond substituents is 1. The van der Waals surface area contributed by atoms with Gasteiger partial charge in [-0.2, -0.15) is 0 Å². The van der Waals surface area contributed by atoms with Crippen LogP contribution in [0.15, 0.2) is 12.1 Å². The van der Waals surface area contributed by atoms with Gasteiger partial charge in [-0.05, 0) is 0 Å². The fourth-order valence-electron chi connectivity index (χ4n) is 1.17. The van der Waals surface area contributed by atoms with Crippen molar-refractivity contribution < 1.29 is 19.0 Å². The predicted molar refractivity (Wildman–Crippen MR) is 43.7 cm³/mol. The van der Waals surface area contributed by atoms with Crippen LogP contribution in [0, 0.1) is 5.82 Å². The highest BCUT2D eigenvalue weighted by molar-refractivity contribution is 5.46. The largest absolute Gasteiger partial charge is 0.505 e. The van der Waals surface area contributed by atoms with Gasteiger partial charge in [-0.3, -0.25) is 0 Å². The summed E-state index contributed by atoms with van der Waals surface area (Å²) in [5, 5.41) is 9.06. The fraction of sp³-hybridized carbons (Fsp3) is 0.333. The highest BCUT2D eigenvalue weighted by Crippen LogP contribution is 2.34. The molecular formula is C9H9FO3. The lowest BCUT2D eigenvalue weighted by atomic mass is 10.3. The first-order chi connectivity index (χ1) is 6.27. The van der Waals surface area contributed by atoms with Crippen molar-refractivity contribution in [3.63, 3.8) is 0 Å². The molecule has 70 valence electrons. The molecule has 3 nitrogen and oxygen atoms in total. The Bertz CT molecular complexity index is 294. The molecule has 1 aromatic rings. The first-order valence-electron chi connectivity index (χ1n) is 4.05. The minimum Gasteiger partial charge on any atom is -0.505 e. The van der Waals surface area contributed by atoms with Gasteiger partial charge in [-0.15, -0.1) is 0 Å². The van der Waals surface area contributed by atoms with Crippen LogP contribution >= 0.6 is 0 Å². The summed E-state index contributed by atoms with van der Waals surface area (Å²) in [7, 11) is 0. The van der Waals surface area contributed by atoms with E-state index in [2.05, 4.69) is 0 Å². The van der Waals surface area contributed by atoms with E-state index in [0.717, 1.165) is 12.5 Å². The Kier molecular flexibility index (Phi) is 1.96. The Morgan fingerprint density at radius 2 is 1.77 bits per heavy atom. The maximum atomic E-state index is 12.9. The third-order valence-corrected chi connectivity index (χ3v) is 1.82. The minimum absolute atomic E-state index is 0.354. The number of benzene rings is 1. The van der Waals surface area contributed by atoms with Crippen LogP contribution in [0.4, 0.5) is 4.39 Å². The second kappa shape index (κ2) is 3.12. The predicted octanol–water partition coefficient (Wildman–Crippen LogP) is 1.69. The topological polar surface area (TPSA) is 38.7 Å². The van der Waals surface area contributed by atoms with E-state index in [1.165, 1.54) is 6.07 Å². The number of fused-ring (bicyclic) bond motifs is 1. The molecule has 1 aliphatic rings. The van der Waals surface area contributed by atoms with E-state index in [1.54, 1.807) is 0 Å². The summed E-state index contributed by atoms with van der Waals surface area (Å²) >= 11 is 0. The first kappa shape index (κ1) is 8.16. The zero-order valence-corrected chi connectivity index (χ0v) is 6.92. The smallest absolute Gasteiger partial charge is 0.168 e. The highest BCUT2D eigenvalue weighted by atomic mass is 19.1. The van der Waals surface area contributed by atoms with Gasteiger partial charge in [-0.1, -0.05) is 0 Å². The van der Waals surface area contributed by atoms with Gasteiger partial charge in [0.05, 0.1) is 13.2 Å². The maximum Gasteiger partial charge on any atom is 0.168 e. The summed E-state index contributed by atoms with van der Waals surface area (Å²) in [6.07, 6.45) is 0.761. The van der Waals surface area contributed by atoms with Crippen molar-refractivity contribution in [3.05, 3.63) is 17.9 Å². The van der Waals surface area contributed by atoms with E-state index >= 15 is 0 Å². The van der Waals surface area contributed by atoms with Crippen molar-refractivity contribution >= 4 is 0 Å². The van der Waals surface area contributed by atoms with Crippen molar-refractivity contribution in [2.75, 3.05) is 13.2 Å². The number of hydrogen-bond acceptors (Lipinski definition) is 3. The molecule has 2 rings (SSSR count). The number of aromatic hydroxyl groups is 1. The Morgan fingerprint density at radius 1 is 1.15 bits per heavy atom. The fourth-order valence-corrected chi connectivity index (χ4v) is 1.17. The zero-order valence-electron chi connectivity index (χ0n) is 6.92. The number of rotatable bonds is 0. The van der Waals surface area contributed by atoms with Gasteiger partial charge in [-0.25, -0.2) is 4.39 Å². The molecular weight excluding hydrogens is 175 g/mol. The van der Waals surface area contributed by atoms with E-state index in [1.807, 2.05) is 0 Å². The third kappa shape index (κ3) is 1.52. The second-order valence-corrected chi connectivity index (χ2v) is 2.80. The van der Waals surface area contributed by atoms with Crippen molar-refractivity contribution in [1.29, 1.82) is 0 Å². The monoisotopic (exact) mass is 184 g/mol. The van der Waals surface area contributed by atoms with Crippen LogP contribution < -0.4 is 9.47 Å². The number of hydrogen-bond donors (Lipinski definition) is 1. The van der Waals surface area contributed by atoms with E-state index in [-0.39, 0.29) is 0 Å². The summed E-state index contributed by atoms with van der Waals surface area (Å²) in [5.41, 5.74) is 0. The lowest BCUT2D eigenvalue weighted by molar-refractivity contribution is 0.296. The van der Waals surface area contributed by atoms with Crippen molar-refractivity contribution in [2.24, 2.45) is 0 Å². The lowest BCUT2D eigenvalue weighted by Gasteiger charge is -2.07. The standard InChI is InChI=1S/C9H9FO3/c10-6-4-8-9(5-7(6)11)13-3-1-2-12-8/h4-5,11H,1-3H2. The van der Waals surface area contributed by atoms with E-state index in [9.17, 15) is 4.39 Å². The highest BCUT2D eigenvalue weighted by Gasteiger charge is 2.13. The summed E-state index contributed by atoms with van der Waals surface area (Å²) in [4.78, 5) is 0. The van der Waals surface area contributed by atoms with Gasteiger partial charge in [0.25, 0.3) is 0 Å². The molecule has 0 aliphatic carbocycles. The molecule has 0 fully saturated rings. The van der Waals surface area contributed by atoms with Crippen LogP contribution in [0.1, 0.15) is 6.42 Å². The molecule has 0 amide bonds. The first-order valence-corrected chi connectivity index (χ1v) is 4.05. The van der Waals surface area contributed by atoms with Gasteiger partial charge in [0.15, 0.2) is 23.1 Å². The molecule has 1 N–H and O–H groups in total. The Balaban J connectivity index is 2.43. The molecule has 4 heteroatoms. The van der Waals surface area contributed by atoms with E-state index in [0.29, 0.717) is 24.7 Å². The number of halogens is 1. The Morgan fingerprint density at radius 3 is 2.46 bits per heavy atom. The summed E-state index contributed by atoms with van der Waals surface area (Å²) in [6.45, 7) is 1.04. The van der Waals surface area contributed by atoms with Crippen molar-refractivity contribution in [1.82, 2.24) is 0 Å². The van der Waals surface area contributed by atoms with E-state index in [4.69, 9.17) is 14.6 Å². The van der Waals surface area contributed by atoms with E-state index < -0.39 is 11.6 Å². The SMILES string of the molecule is Oc1cc2c(cc1F)OCCCO2. The molecule has 0 aromatic heterocycles. The summed E-state index contributed by atoms with van der Waals surface area (Å²) in [5.74, 6) is -0.349. The molecule has 1 heterocycles. The van der Waals surface area contributed by atoms with Crippen LogP contribution in [-0.2, 0) is 0 Å². The van der Waals surface area contributed by atoms with Gasteiger partial charge >= 0.3 is 0 Å². The van der Waals surface area contributed by atoms with Crippen LogP contribution in [-0.4, -0.2) is 18.3 Å².